The van der Waals surface area contributed by atoms with Gasteiger partial charge in [0.25, 0.3) is 15.9 Å². The van der Waals surface area contributed by atoms with E-state index in [4.69, 9.17) is 9.47 Å². The lowest BCUT2D eigenvalue weighted by Gasteiger charge is -2.33. The number of hydrogen-bond acceptors (Lipinski definition) is 10. The van der Waals surface area contributed by atoms with E-state index in [1.54, 1.807) is 62.1 Å². The molecule has 2 fully saturated rings. The first-order valence-electron chi connectivity index (χ1n) is 15.0. The molecular weight excluding hydrogens is 617 g/mol. The lowest BCUT2D eigenvalue weighted by atomic mass is 10.0. The quantitative estimate of drug-likeness (QED) is 0.420. The molecule has 2 atom stereocenters. The predicted molar refractivity (Wildman–Crippen MR) is 174 cm³/mol. The molecule has 45 heavy (non-hydrogen) atoms. The average molecular weight is 661 g/mol. The zero-order chi connectivity index (χ0) is 33.2. The molecule has 0 saturated carbocycles. The van der Waals surface area contributed by atoms with E-state index in [1.807, 2.05) is 27.8 Å². The minimum Gasteiger partial charge on any atom is -0.458 e. The molecule has 0 aliphatic carbocycles. The maximum absolute atomic E-state index is 14.2. The van der Waals surface area contributed by atoms with Gasteiger partial charge in [0.05, 0.1) is 4.90 Å². The van der Waals surface area contributed by atoms with Crippen molar-refractivity contribution in [1.29, 1.82) is 0 Å². The zero-order valence-electron chi connectivity index (χ0n) is 27.0. The summed E-state index contributed by atoms with van der Waals surface area (Å²) in [6, 6.07) is 11.1. The van der Waals surface area contributed by atoms with Crippen LogP contribution in [0, 0.1) is 6.92 Å². The van der Waals surface area contributed by atoms with E-state index in [1.165, 1.54) is 23.9 Å². The standard InChI is InChI=1S/C32H44N4O7S2/c1-22-8-14-25(15-9-22)45(40,41)36(28(37)27-33-32(5,6)21-44-27)26(29(38)43-31(2,3)4)20-23-10-12-24(13-11-23)42-30(39)35-18-16-34(7)17-19-35/h8-15,26-27,33H,16-21H2,1-7H3/t26-,27-/m0/s1. The topological polar surface area (TPSA) is 126 Å². The van der Waals surface area contributed by atoms with Gasteiger partial charge in [0, 0.05) is 43.9 Å². The molecule has 13 heteroatoms. The molecule has 0 bridgehead atoms. The third-order valence-electron chi connectivity index (χ3n) is 7.43. The maximum atomic E-state index is 14.2. The van der Waals surface area contributed by atoms with Crippen LogP contribution in [0.4, 0.5) is 4.79 Å². The van der Waals surface area contributed by atoms with Crippen molar-refractivity contribution in [3.05, 3.63) is 59.7 Å². The van der Waals surface area contributed by atoms with E-state index in [0.717, 1.165) is 18.7 Å². The van der Waals surface area contributed by atoms with Gasteiger partial charge in [-0.2, -0.15) is 0 Å². The van der Waals surface area contributed by atoms with Gasteiger partial charge >= 0.3 is 12.1 Å². The first kappa shape index (κ1) is 34.7. The van der Waals surface area contributed by atoms with Crippen molar-refractivity contribution in [2.45, 2.75) is 75.4 Å². The van der Waals surface area contributed by atoms with Crippen LogP contribution in [0.3, 0.4) is 0 Å². The van der Waals surface area contributed by atoms with Gasteiger partial charge in [-0.05, 0) is 78.4 Å². The van der Waals surface area contributed by atoms with Crippen LogP contribution in [0.5, 0.6) is 5.75 Å². The number of likely N-dealkylation sites (N-methyl/N-ethyl adjacent to an activating group) is 1. The number of hydrogen-bond donors (Lipinski definition) is 1. The van der Waals surface area contributed by atoms with Gasteiger partial charge < -0.3 is 19.3 Å². The third kappa shape index (κ3) is 8.99. The minimum atomic E-state index is -4.50. The average Bonchev–Trinajstić information content (AvgIpc) is 3.32. The van der Waals surface area contributed by atoms with Gasteiger partial charge in [-0.25, -0.2) is 22.3 Å². The minimum absolute atomic E-state index is 0.108. The number of rotatable bonds is 8. The second-order valence-corrected chi connectivity index (χ2v) is 16.1. The molecule has 0 spiro atoms. The van der Waals surface area contributed by atoms with Crippen LogP contribution in [-0.4, -0.2) is 102 Å². The molecule has 1 N–H and O–H groups in total. The summed E-state index contributed by atoms with van der Waals surface area (Å²) in [6.07, 6.45) is -0.605. The molecule has 2 amide bonds. The van der Waals surface area contributed by atoms with Gasteiger partial charge in [-0.3, -0.25) is 10.1 Å². The molecule has 2 saturated heterocycles. The van der Waals surface area contributed by atoms with Gasteiger partial charge in [0.1, 0.15) is 22.8 Å². The van der Waals surface area contributed by atoms with Crippen molar-refractivity contribution in [3.63, 3.8) is 0 Å². The Labute approximate surface area is 270 Å². The Bertz CT molecular complexity index is 1480. The number of esters is 1. The number of nitrogens with zero attached hydrogens (tertiary/aromatic N) is 3. The van der Waals surface area contributed by atoms with Gasteiger partial charge in [-0.1, -0.05) is 29.8 Å². The van der Waals surface area contributed by atoms with Crippen LogP contribution in [0.25, 0.3) is 0 Å². The largest absolute Gasteiger partial charge is 0.458 e. The maximum Gasteiger partial charge on any atom is 0.415 e. The summed E-state index contributed by atoms with van der Waals surface area (Å²) in [5, 5.41) is 2.32. The Balaban J connectivity index is 1.67. The Kier molecular flexibility index (Phi) is 10.6. The summed E-state index contributed by atoms with van der Waals surface area (Å²) in [5.74, 6) is -0.711. The Hall–Kier alpha value is -3.13. The lowest BCUT2D eigenvalue weighted by Crippen LogP contribution is -2.56. The highest BCUT2D eigenvalue weighted by Gasteiger charge is 2.47. The van der Waals surface area contributed by atoms with Crippen LogP contribution < -0.4 is 10.1 Å². The highest BCUT2D eigenvalue weighted by atomic mass is 32.2. The third-order valence-corrected chi connectivity index (χ3v) is 10.8. The summed E-state index contributed by atoms with van der Waals surface area (Å²) < 4.78 is 40.5. The van der Waals surface area contributed by atoms with E-state index in [0.29, 0.717) is 34.5 Å². The van der Waals surface area contributed by atoms with E-state index in [2.05, 4.69) is 10.2 Å². The first-order valence-corrected chi connectivity index (χ1v) is 17.5. The monoisotopic (exact) mass is 660 g/mol. The van der Waals surface area contributed by atoms with E-state index in [-0.39, 0.29) is 11.3 Å². The molecule has 2 aliphatic heterocycles. The second-order valence-electron chi connectivity index (χ2n) is 13.2. The molecule has 2 aliphatic rings. The highest BCUT2D eigenvalue weighted by molar-refractivity contribution is 8.01. The molecule has 4 rings (SSSR count). The molecule has 11 nitrogen and oxygen atoms in total. The number of thioether (sulfide) groups is 1. The second kappa shape index (κ2) is 13.7. The van der Waals surface area contributed by atoms with Crippen molar-refractivity contribution in [2.75, 3.05) is 39.0 Å². The molecule has 0 unspecified atom stereocenters. The summed E-state index contributed by atoms with van der Waals surface area (Å²) >= 11 is 1.29. The van der Waals surface area contributed by atoms with Crippen LogP contribution in [0.1, 0.15) is 45.7 Å². The highest BCUT2D eigenvalue weighted by Crippen LogP contribution is 2.32. The summed E-state index contributed by atoms with van der Waals surface area (Å²) in [6.45, 7) is 13.4. The van der Waals surface area contributed by atoms with Gasteiger partial charge in [0.15, 0.2) is 0 Å². The van der Waals surface area contributed by atoms with Gasteiger partial charge in [-0.15, -0.1) is 11.8 Å². The molecule has 2 heterocycles. The fraction of sp³-hybridized carbons (Fsp3) is 0.531. The number of carbonyl (C=O) groups excluding carboxylic acids is 3. The number of piperazine rings is 1. The molecular formula is C32H44N4O7S2. The number of benzene rings is 2. The number of carbonyl (C=O) groups is 3. The SMILES string of the molecule is Cc1ccc(S(=O)(=O)N(C(=O)[C@H]2NC(C)(C)CS2)[C@@H](Cc2ccc(OC(=O)N3CCN(C)CC3)cc2)C(=O)OC(C)(C)C)cc1. The van der Waals surface area contributed by atoms with Crippen LogP contribution in [0.15, 0.2) is 53.4 Å². The Morgan fingerprint density at radius 3 is 2.16 bits per heavy atom. The normalized spacial score (nSPS) is 19.5. The van der Waals surface area contributed by atoms with Crippen molar-refractivity contribution in [1.82, 2.24) is 19.4 Å². The number of ether oxygens (including phenoxy) is 2. The van der Waals surface area contributed by atoms with Crippen molar-refractivity contribution in [3.8, 4) is 5.75 Å². The van der Waals surface area contributed by atoms with Crippen molar-refractivity contribution >= 4 is 39.8 Å². The first-order chi connectivity index (χ1) is 20.9. The Morgan fingerprint density at radius 1 is 1.02 bits per heavy atom. The summed E-state index contributed by atoms with van der Waals surface area (Å²) in [5.41, 5.74) is 0.0398. The van der Waals surface area contributed by atoms with Crippen LogP contribution in [-0.2, 0) is 30.8 Å². The predicted octanol–water partition coefficient (Wildman–Crippen LogP) is 3.65. The summed E-state index contributed by atoms with van der Waals surface area (Å²) in [7, 11) is -2.50. The van der Waals surface area contributed by atoms with Crippen molar-refractivity contribution in [2.24, 2.45) is 0 Å². The fourth-order valence-corrected chi connectivity index (χ4v) is 7.88. The molecule has 246 valence electrons. The lowest BCUT2D eigenvalue weighted by molar-refractivity contribution is -0.161. The molecule has 0 aromatic heterocycles. The molecule has 0 radical (unpaired) electrons. The van der Waals surface area contributed by atoms with Crippen molar-refractivity contribution < 1.29 is 32.3 Å². The summed E-state index contributed by atoms with van der Waals surface area (Å²) in [4.78, 5) is 44.3. The Morgan fingerprint density at radius 2 is 1.62 bits per heavy atom. The number of nitrogens with one attached hydrogen (secondary N) is 1. The smallest absolute Gasteiger partial charge is 0.415 e. The van der Waals surface area contributed by atoms with Crippen LogP contribution >= 0.6 is 11.8 Å². The molecule has 2 aromatic rings. The molecule has 2 aromatic carbocycles. The van der Waals surface area contributed by atoms with E-state index >= 15 is 0 Å². The van der Waals surface area contributed by atoms with E-state index < -0.39 is 50.5 Å². The van der Waals surface area contributed by atoms with E-state index in [9.17, 15) is 22.8 Å². The zero-order valence-corrected chi connectivity index (χ0v) is 28.7. The number of amides is 2. The number of aryl methyl sites for hydroxylation is 1. The fourth-order valence-electron chi connectivity index (χ4n) is 4.94. The number of sulfonamides is 1. The van der Waals surface area contributed by atoms with Crippen LogP contribution in [0.2, 0.25) is 0 Å². The van der Waals surface area contributed by atoms with Gasteiger partial charge in [0.2, 0.25) is 0 Å².